The maximum Gasteiger partial charge on any atom is 0.586 e. The molecule has 1 aromatic carbocycles. The Hall–Kier alpha value is -3.46. The minimum atomic E-state index is -3.76. The predicted molar refractivity (Wildman–Crippen MR) is 104 cm³/mol. The van der Waals surface area contributed by atoms with E-state index < -0.39 is 21.7 Å². The number of sulfone groups is 1. The molecule has 1 aliphatic rings. The Morgan fingerprint density at radius 2 is 1.94 bits per heavy atom. The van der Waals surface area contributed by atoms with E-state index >= 15 is 0 Å². The van der Waals surface area contributed by atoms with Gasteiger partial charge in [0.2, 0.25) is 0 Å². The van der Waals surface area contributed by atoms with Crippen molar-refractivity contribution in [2.24, 2.45) is 0 Å². The van der Waals surface area contributed by atoms with E-state index in [0.29, 0.717) is 5.52 Å². The second-order valence-corrected chi connectivity index (χ2v) is 9.46. The van der Waals surface area contributed by atoms with Gasteiger partial charge < -0.3 is 19.2 Å². The normalized spacial score (nSPS) is 15.1. The number of rotatable bonds is 5. The highest BCUT2D eigenvalue weighted by Crippen LogP contribution is 2.43. The van der Waals surface area contributed by atoms with Gasteiger partial charge in [-0.2, -0.15) is 5.26 Å². The highest BCUT2D eigenvalue weighted by atomic mass is 32.2. The summed E-state index contributed by atoms with van der Waals surface area (Å²) in [6, 6.07) is 5.77. The van der Waals surface area contributed by atoms with E-state index in [-0.39, 0.29) is 44.9 Å². The lowest BCUT2D eigenvalue weighted by atomic mass is 10.2. The third-order valence-electron chi connectivity index (χ3n) is 4.41. The molecule has 3 heterocycles. The summed E-state index contributed by atoms with van der Waals surface area (Å²) in [5, 5.41) is 9.15. The maximum absolute atomic E-state index is 13.3. The Balaban J connectivity index is 1.82. The van der Waals surface area contributed by atoms with Crippen LogP contribution >= 0.6 is 0 Å². The van der Waals surface area contributed by atoms with Crippen LogP contribution in [0.3, 0.4) is 0 Å². The number of aromatic nitrogens is 3. The van der Waals surface area contributed by atoms with Crippen molar-refractivity contribution < 1.29 is 31.4 Å². The quantitative estimate of drug-likeness (QED) is 0.626. The molecule has 12 heteroatoms. The Morgan fingerprint density at radius 1 is 1.26 bits per heavy atom. The smallest absolute Gasteiger partial charge is 0.471 e. The number of H-pyrrole nitrogens is 1. The molecule has 0 bridgehead atoms. The molecule has 4 rings (SSSR count). The van der Waals surface area contributed by atoms with Gasteiger partial charge in [0.15, 0.2) is 32.8 Å². The maximum atomic E-state index is 13.3. The van der Waals surface area contributed by atoms with Crippen LogP contribution in [0.1, 0.15) is 20.8 Å². The lowest BCUT2D eigenvalue weighted by Gasteiger charge is -2.19. The molecule has 0 radical (unpaired) electrons. The largest absolute Gasteiger partial charge is 0.586 e. The average molecular weight is 450 g/mol. The Bertz CT molecular complexity index is 1300. The van der Waals surface area contributed by atoms with E-state index in [1.54, 1.807) is 0 Å². The van der Waals surface area contributed by atoms with Crippen LogP contribution in [0.2, 0.25) is 0 Å². The second-order valence-electron chi connectivity index (χ2n) is 7.21. The summed E-state index contributed by atoms with van der Waals surface area (Å²) >= 11 is 0. The number of nitrogens with one attached hydrogen (secondary N) is 1. The van der Waals surface area contributed by atoms with Gasteiger partial charge in [-0.15, -0.1) is 8.78 Å². The third kappa shape index (κ3) is 3.84. The van der Waals surface area contributed by atoms with Gasteiger partial charge in [0, 0.05) is 18.2 Å². The second kappa shape index (κ2) is 6.78. The minimum absolute atomic E-state index is 0.0208. The molecule has 1 N–H and O–H groups in total. The van der Waals surface area contributed by atoms with Gasteiger partial charge in [-0.25, -0.2) is 18.4 Å². The molecule has 0 spiro atoms. The van der Waals surface area contributed by atoms with Gasteiger partial charge in [0.1, 0.15) is 17.5 Å². The molecule has 0 saturated carbocycles. The molecule has 162 valence electrons. The van der Waals surface area contributed by atoms with E-state index in [0.717, 1.165) is 0 Å². The average Bonchev–Trinajstić information content (AvgIpc) is 3.23. The highest BCUT2D eigenvalue weighted by Gasteiger charge is 2.43. The fraction of sp³-hybridized carbons (Fsp3) is 0.316. The number of alkyl halides is 2. The van der Waals surface area contributed by atoms with Crippen LogP contribution in [0, 0.1) is 11.3 Å². The summed E-state index contributed by atoms with van der Waals surface area (Å²) in [6.45, 7) is 4.53. The first-order valence-electron chi connectivity index (χ1n) is 9.06. The molecule has 0 aliphatic carbocycles. The van der Waals surface area contributed by atoms with Crippen LogP contribution < -0.4 is 14.2 Å². The van der Waals surface area contributed by atoms with Crippen molar-refractivity contribution in [3.63, 3.8) is 0 Å². The number of hydrogen-bond donors (Lipinski definition) is 1. The van der Waals surface area contributed by atoms with E-state index in [2.05, 4.69) is 24.4 Å². The van der Waals surface area contributed by atoms with E-state index in [4.69, 9.17) is 10.00 Å². The van der Waals surface area contributed by atoms with E-state index in [1.807, 2.05) is 6.07 Å². The molecule has 9 nitrogen and oxygen atoms in total. The van der Waals surface area contributed by atoms with Crippen molar-refractivity contribution >= 4 is 20.9 Å². The number of halogens is 2. The summed E-state index contributed by atoms with van der Waals surface area (Å²) in [5.41, 5.74) is -0.601. The van der Waals surface area contributed by atoms with Gasteiger partial charge in [-0.05, 0) is 13.8 Å². The van der Waals surface area contributed by atoms with Crippen LogP contribution in [0.25, 0.3) is 22.6 Å². The Labute approximate surface area is 175 Å². The van der Waals surface area contributed by atoms with Crippen LogP contribution in [-0.4, -0.2) is 41.0 Å². The topological polar surface area (TPSA) is 127 Å². The fourth-order valence-corrected chi connectivity index (χ4v) is 3.99. The SMILES string of the molecule is CCS(=O)(=O)c1cc(OC(C)(C)C#N)cnc1-c1nc2cc3c(cc2[nH]1)OC(F)(F)O3. The molecule has 0 atom stereocenters. The standard InChI is InChI=1S/C19H16F2N4O5S/c1-4-31(26,27)15-5-10(28-18(2,3)9-22)8-23-16(15)17-24-11-6-13-14(7-12(11)25-17)30-19(20,21)29-13/h5-8H,4H2,1-3H3,(H,24,25). The van der Waals surface area contributed by atoms with Gasteiger partial charge in [-0.3, -0.25) is 0 Å². The Kier molecular flexibility index (Phi) is 4.55. The number of fused-ring (bicyclic) bond motifs is 2. The number of pyridine rings is 1. The summed E-state index contributed by atoms with van der Waals surface area (Å²) in [4.78, 5) is 11.2. The summed E-state index contributed by atoms with van der Waals surface area (Å²) in [7, 11) is -3.76. The molecular weight excluding hydrogens is 434 g/mol. The monoisotopic (exact) mass is 450 g/mol. The van der Waals surface area contributed by atoms with Crippen LogP contribution in [0.4, 0.5) is 8.78 Å². The number of nitriles is 1. The molecule has 0 unspecified atom stereocenters. The van der Waals surface area contributed by atoms with Crippen molar-refractivity contribution in [2.45, 2.75) is 37.6 Å². The lowest BCUT2D eigenvalue weighted by molar-refractivity contribution is -0.286. The van der Waals surface area contributed by atoms with Gasteiger partial charge in [-0.1, -0.05) is 6.92 Å². The summed E-state index contributed by atoms with van der Waals surface area (Å²) in [6.07, 6.45) is -2.48. The van der Waals surface area contributed by atoms with Gasteiger partial charge in [0.25, 0.3) is 0 Å². The van der Waals surface area contributed by atoms with Crippen molar-refractivity contribution in [3.8, 4) is 34.8 Å². The molecule has 0 fully saturated rings. The first-order valence-corrected chi connectivity index (χ1v) is 10.7. The zero-order valence-corrected chi connectivity index (χ0v) is 17.4. The lowest BCUT2D eigenvalue weighted by Crippen LogP contribution is -2.25. The van der Waals surface area contributed by atoms with Crippen molar-refractivity contribution in [3.05, 3.63) is 24.4 Å². The Morgan fingerprint density at radius 3 is 2.58 bits per heavy atom. The predicted octanol–water partition coefficient (Wildman–Crippen LogP) is 3.42. The zero-order valence-electron chi connectivity index (χ0n) is 16.6. The van der Waals surface area contributed by atoms with Crippen molar-refractivity contribution in [1.82, 2.24) is 15.0 Å². The first-order chi connectivity index (χ1) is 14.4. The van der Waals surface area contributed by atoms with Crippen LogP contribution in [-0.2, 0) is 9.84 Å². The van der Waals surface area contributed by atoms with E-state index in [9.17, 15) is 17.2 Å². The molecule has 0 amide bonds. The third-order valence-corrected chi connectivity index (χ3v) is 6.16. The minimum Gasteiger partial charge on any atom is -0.471 e. The highest BCUT2D eigenvalue weighted by molar-refractivity contribution is 7.91. The summed E-state index contributed by atoms with van der Waals surface area (Å²) in [5.74, 6) is -0.375. The number of imidazole rings is 1. The summed E-state index contributed by atoms with van der Waals surface area (Å²) < 4.78 is 66.3. The molecule has 1 aliphatic heterocycles. The van der Waals surface area contributed by atoms with Crippen molar-refractivity contribution in [1.29, 1.82) is 5.26 Å². The van der Waals surface area contributed by atoms with Crippen LogP contribution in [0.15, 0.2) is 29.3 Å². The zero-order chi connectivity index (χ0) is 22.6. The number of nitrogens with zero attached hydrogens (tertiary/aromatic N) is 3. The van der Waals surface area contributed by atoms with Gasteiger partial charge in [0.05, 0.1) is 27.9 Å². The number of benzene rings is 1. The number of aromatic amines is 1. The number of ether oxygens (including phenoxy) is 3. The van der Waals surface area contributed by atoms with Crippen molar-refractivity contribution in [2.75, 3.05) is 5.75 Å². The van der Waals surface area contributed by atoms with E-state index in [1.165, 1.54) is 45.2 Å². The molecular formula is C19H16F2N4O5S. The molecule has 3 aromatic rings. The molecule has 2 aromatic heterocycles. The van der Waals surface area contributed by atoms with Gasteiger partial charge >= 0.3 is 6.29 Å². The molecule has 31 heavy (non-hydrogen) atoms. The molecule has 0 saturated heterocycles. The number of hydrogen-bond acceptors (Lipinski definition) is 8. The van der Waals surface area contributed by atoms with Crippen LogP contribution in [0.5, 0.6) is 17.2 Å². The first kappa shape index (κ1) is 20.8. The fourth-order valence-electron chi connectivity index (χ4n) is 2.94.